The van der Waals surface area contributed by atoms with Crippen LogP contribution in [0, 0.1) is 6.92 Å². The van der Waals surface area contributed by atoms with Gasteiger partial charge < -0.3 is 5.11 Å². The van der Waals surface area contributed by atoms with E-state index in [4.69, 9.17) is 9.90 Å². The summed E-state index contributed by atoms with van der Waals surface area (Å²) in [5.74, 6) is -1.08. The molecular weight excluding hydrogens is 657 g/mol. The number of hydrogen-bond acceptors (Lipinski definition) is 1. The maximum atomic E-state index is 8.89. The van der Waals surface area contributed by atoms with Crippen molar-refractivity contribution in [2.24, 2.45) is 0 Å². The molecule has 6 rings (SSSR count). The van der Waals surface area contributed by atoms with Crippen molar-refractivity contribution in [2.75, 3.05) is 0 Å². The van der Waals surface area contributed by atoms with E-state index in [1.165, 1.54) is 31.8 Å². The van der Waals surface area contributed by atoms with Gasteiger partial charge in [-0.3, -0.25) is 11.7 Å². The Morgan fingerprint density at radius 3 is 0.605 bits per heavy atom. The molecule has 0 amide bonds. The second kappa shape index (κ2) is 18.7. The molecule has 6 aromatic carbocycles. The maximum Gasteiger partial charge on any atom is 0.161 e. The molecule has 0 unspecified atom stereocenters. The van der Waals surface area contributed by atoms with E-state index in [1.54, 1.807) is 0 Å². The second-order valence-electron chi connectivity index (χ2n) is 9.34. The van der Waals surface area contributed by atoms with Crippen LogP contribution >= 0.6 is 15.8 Å². The van der Waals surface area contributed by atoms with Gasteiger partial charge in [0.25, 0.3) is 0 Å². The number of aliphatic carboxylic acids is 1. The third-order valence-electron chi connectivity index (χ3n) is 6.37. The standard InChI is InChI=1S/2C18H15P.C2H3O2.Pd/c2*1-4-10-16(11-5-1)19(17-12-6-2-7-13-17)18-14-8-3-9-15-18;1-2(3)4;/h2*1-15H;1H2,(H,3,4);/q;;-1;/p+2. The van der Waals surface area contributed by atoms with Gasteiger partial charge in [-0.1, -0.05) is 109 Å². The molecule has 0 aliphatic heterocycles. The first-order valence-corrected chi connectivity index (χ1v) is 16.7. The van der Waals surface area contributed by atoms with Crippen LogP contribution in [0.1, 0.15) is 0 Å². The molecular formula is C38H35O2P2Pd+. The van der Waals surface area contributed by atoms with E-state index in [0.29, 0.717) is 0 Å². The number of benzene rings is 6. The molecule has 0 bridgehead atoms. The van der Waals surface area contributed by atoms with E-state index in [1.807, 2.05) is 0 Å². The van der Waals surface area contributed by atoms with Crippen LogP contribution in [-0.4, -0.2) is 11.1 Å². The van der Waals surface area contributed by atoms with Crippen molar-refractivity contribution < 1.29 is 30.3 Å². The molecule has 0 saturated heterocycles. The van der Waals surface area contributed by atoms with Crippen LogP contribution in [0.25, 0.3) is 0 Å². The van der Waals surface area contributed by atoms with E-state index in [2.05, 4.69) is 189 Å². The number of carboxylic acids is 1. The molecule has 6 aromatic rings. The number of rotatable bonds is 6. The third-order valence-corrected chi connectivity index (χ3v) is 11.8. The fourth-order valence-corrected chi connectivity index (χ4v) is 9.78. The van der Waals surface area contributed by atoms with Gasteiger partial charge in [0.2, 0.25) is 0 Å². The zero-order chi connectivity index (χ0) is 29.4. The predicted octanol–water partition coefficient (Wildman–Crippen LogP) is 6.26. The molecule has 0 saturated carbocycles. The molecule has 0 radical (unpaired) electrons. The van der Waals surface area contributed by atoms with Crippen molar-refractivity contribution in [1.82, 2.24) is 0 Å². The Morgan fingerprint density at radius 1 is 0.372 bits per heavy atom. The average molecular weight is 692 g/mol. The van der Waals surface area contributed by atoms with Crippen molar-refractivity contribution in [3.63, 3.8) is 0 Å². The molecule has 43 heavy (non-hydrogen) atoms. The van der Waals surface area contributed by atoms with Crippen molar-refractivity contribution >= 4 is 53.6 Å². The smallest absolute Gasteiger partial charge is 0.161 e. The normalized spacial score (nSPS) is 9.91. The van der Waals surface area contributed by atoms with Gasteiger partial charge in [-0.25, -0.2) is 0 Å². The molecule has 0 aromatic heterocycles. The molecule has 0 fully saturated rings. The predicted molar refractivity (Wildman–Crippen MR) is 186 cm³/mol. The Morgan fingerprint density at radius 2 is 0.488 bits per heavy atom. The topological polar surface area (TPSA) is 37.3 Å². The van der Waals surface area contributed by atoms with E-state index in [0.717, 1.165) is 0 Å². The molecule has 1 N–H and O–H groups in total. The van der Waals surface area contributed by atoms with Crippen molar-refractivity contribution in [3.05, 3.63) is 189 Å². The molecule has 5 heteroatoms. The van der Waals surface area contributed by atoms with E-state index in [9.17, 15) is 0 Å². The van der Waals surface area contributed by atoms with E-state index >= 15 is 0 Å². The minimum Gasteiger partial charge on any atom is -0.503 e. The summed E-state index contributed by atoms with van der Waals surface area (Å²) in [6, 6.07) is 65.0. The van der Waals surface area contributed by atoms with Gasteiger partial charge in [0, 0.05) is 20.4 Å². The molecule has 0 heterocycles. The summed E-state index contributed by atoms with van der Waals surface area (Å²) in [7, 11) is -1.75. The summed E-state index contributed by atoms with van der Waals surface area (Å²) >= 11 is 0. The molecule has 0 aliphatic carbocycles. The third kappa shape index (κ3) is 10.8. The van der Waals surface area contributed by atoms with Gasteiger partial charge in [-0.05, 0) is 72.8 Å². The Labute approximate surface area is 271 Å². The maximum absolute atomic E-state index is 8.89. The van der Waals surface area contributed by atoms with Gasteiger partial charge in [-0.2, -0.15) is 0 Å². The van der Waals surface area contributed by atoms with Gasteiger partial charge in [0.15, 0.2) is 5.97 Å². The summed E-state index contributed by atoms with van der Waals surface area (Å²) in [5.41, 5.74) is 0. The average Bonchev–Trinajstić information content (AvgIpc) is 3.05. The molecule has 0 spiro atoms. The Bertz CT molecular complexity index is 1280. The van der Waals surface area contributed by atoms with Crippen LogP contribution in [-0.2, 0) is 25.2 Å². The first-order chi connectivity index (χ1) is 20.6. The van der Waals surface area contributed by atoms with Gasteiger partial charge in [0.1, 0.15) is 31.8 Å². The second-order valence-corrected chi connectivity index (χ2v) is 14.3. The van der Waals surface area contributed by atoms with Gasteiger partial charge in [-0.15, -0.1) is 0 Å². The SMILES string of the molecule is [CH2-]C(=O)O.[Pd].c1ccc([PH+](c2ccccc2)c2ccccc2)cc1.c1ccc([PH+](c2ccccc2)c2ccccc2)cc1. The molecule has 0 atom stereocenters. The summed E-state index contributed by atoms with van der Waals surface area (Å²) in [5, 5.41) is 15.9. The first kappa shape index (κ1) is 33.7. The number of hydrogen-bond donors (Lipinski definition) is 1. The van der Waals surface area contributed by atoms with Crippen LogP contribution in [0.15, 0.2) is 182 Å². The fraction of sp³-hybridized carbons (Fsp3) is 0. The van der Waals surface area contributed by atoms with Crippen molar-refractivity contribution in [2.45, 2.75) is 0 Å². The summed E-state index contributed by atoms with van der Waals surface area (Å²) in [4.78, 5) is 8.89. The summed E-state index contributed by atoms with van der Waals surface area (Å²) in [6.45, 7) is 2.56. The largest absolute Gasteiger partial charge is 0.503 e. The Kier molecular flexibility index (Phi) is 14.6. The van der Waals surface area contributed by atoms with E-state index < -0.39 is 21.8 Å². The Hall–Kier alpha value is -3.82. The van der Waals surface area contributed by atoms with Crippen LogP contribution in [0.3, 0.4) is 0 Å². The first-order valence-electron chi connectivity index (χ1n) is 13.7. The minimum absolute atomic E-state index is 0. The summed E-state index contributed by atoms with van der Waals surface area (Å²) in [6.07, 6.45) is 0. The quantitative estimate of drug-likeness (QED) is 0.127. The van der Waals surface area contributed by atoms with Crippen LogP contribution in [0.2, 0.25) is 0 Å². The van der Waals surface area contributed by atoms with Crippen molar-refractivity contribution in [3.8, 4) is 0 Å². The molecule has 218 valence electrons. The van der Waals surface area contributed by atoms with Gasteiger partial charge in [0.05, 0.1) is 15.8 Å². The zero-order valence-corrected chi connectivity index (χ0v) is 27.3. The molecule has 2 nitrogen and oxygen atoms in total. The minimum atomic E-state index is -1.08. The monoisotopic (exact) mass is 691 g/mol. The summed E-state index contributed by atoms with van der Waals surface area (Å²) < 4.78 is 0. The van der Waals surface area contributed by atoms with Crippen LogP contribution in [0.4, 0.5) is 0 Å². The zero-order valence-electron chi connectivity index (χ0n) is 23.7. The van der Waals surface area contributed by atoms with Gasteiger partial charge >= 0.3 is 0 Å². The fourth-order valence-electron chi connectivity index (χ4n) is 4.63. The Balaban J connectivity index is 0.000000206. The van der Waals surface area contributed by atoms with Crippen LogP contribution in [0.5, 0.6) is 0 Å². The van der Waals surface area contributed by atoms with E-state index in [-0.39, 0.29) is 20.4 Å². The van der Waals surface area contributed by atoms with Crippen LogP contribution < -0.4 is 31.8 Å². The van der Waals surface area contributed by atoms with Crippen molar-refractivity contribution in [1.29, 1.82) is 0 Å². The molecule has 0 aliphatic rings. The number of carboxylic acid groups (broad SMARTS) is 1. The number of carbonyl (C=O) groups is 1.